The first-order valence-electron chi connectivity index (χ1n) is 9.53. The van der Waals surface area contributed by atoms with Crippen LogP contribution in [0.25, 0.3) is 0 Å². The first-order chi connectivity index (χ1) is 11.7. The van der Waals surface area contributed by atoms with Crippen LogP contribution in [0.1, 0.15) is 54.4 Å². The second-order valence-corrected chi connectivity index (χ2v) is 5.72. The number of ether oxygens (including phenoxy) is 2. The number of nitrogens with zero attached hydrogens (tertiary/aromatic N) is 2. The molecule has 0 aliphatic carbocycles. The Balaban J connectivity index is 2.96. The summed E-state index contributed by atoms with van der Waals surface area (Å²) in [5.41, 5.74) is 2.42. The molecule has 1 aromatic carbocycles. The van der Waals surface area contributed by atoms with Crippen LogP contribution < -0.4 is 9.80 Å². The van der Waals surface area contributed by atoms with Crippen molar-refractivity contribution in [2.45, 2.75) is 66.8 Å². The lowest BCUT2D eigenvalue weighted by Crippen LogP contribution is -2.38. The van der Waals surface area contributed by atoms with E-state index in [0.717, 1.165) is 39.1 Å². The van der Waals surface area contributed by atoms with Crippen LogP contribution in [0.4, 0.5) is 11.4 Å². The summed E-state index contributed by atoms with van der Waals surface area (Å²) in [4.78, 5) is 4.65. The van der Waals surface area contributed by atoms with Gasteiger partial charge in [-0.15, -0.1) is 0 Å². The molecule has 0 amide bonds. The van der Waals surface area contributed by atoms with Gasteiger partial charge in [0.25, 0.3) is 0 Å². The van der Waals surface area contributed by atoms with E-state index in [0.29, 0.717) is 0 Å². The number of hydrogen-bond donors (Lipinski definition) is 0. The van der Waals surface area contributed by atoms with Crippen molar-refractivity contribution in [1.29, 1.82) is 0 Å². The van der Waals surface area contributed by atoms with Crippen LogP contribution in [0, 0.1) is 0 Å². The Kier molecular flexibility index (Phi) is 9.80. The van der Waals surface area contributed by atoms with Gasteiger partial charge in [-0.1, -0.05) is 13.8 Å². The molecule has 138 valence electrons. The van der Waals surface area contributed by atoms with Crippen LogP contribution in [-0.2, 0) is 9.47 Å². The van der Waals surface area contributed by atoms with Crippen molar-refractivity contribution in [2.75, 3.05) is 36.1 Å². The second kappa shape index (κ2) is 11.3. The molecule has 24 heavy (non-hydrogen) atoms. The van der Waals surface area contributed by atoms with Crippen molar-refractivity contribution in [3.63, 3.8) is 0 Å². The van der Waals surface area contributed by atoms with Crippen LogP contribution in [0.5, 0.6) is 0 Å². The zero-order valence-electron chi connectivity index (χ0n) is 16.4. The molecule has 0 heterocycles. The summed E-state index contributed by atoms with van der Waals surface area (Å²) >= 11 is 0. The predicted molar refractivity (Wildman–Crippen MR) is 104 cm³/mol. The van der Waals surface area contributed by atoms with Gasteiger partial charge >= 0.3 is 0 Å². The van der Waals surface area contributed by atoms with Gasteiger partial charge in [0.1, 0.15) is 12.5 Å². The fraction of sp³-hybridized carbons (Fsp3) is 0.700. The van der Waals surface area contributed by atoms with Gasteiger partial charge in [0.2, 0.25) is 0 Å². The number of rotatable bonds is 12. The highest BCUT2D eigenvalue weighted by Gasteiger charge is 2.18. The number of benzene rings is 1. The van der Waals surface area contributed by atoms with Crippen LogP contribution in [0.2, 0.25) is 0 Å². The van der Waals surface area contributed by atoms with Gasteiger partial charge in [-0.25, -0.2) is 0 Å². The fourth-order valence-corrected chi connectivity index (χ4v) is 3.18. The average molecular weight is 337 g/mol. The SMILES string of the molecule is CCOC(CC)N(CC)c1ccc(N(CC)C(CC)OCC)cc1. The molecule has 4 heteroatoms. The average Bonchev–Trinajstić information content (AvgIpc) is 2.62. The van der Waals surface area contributed by atoms with Gasteiger partial charge in [-0.05, 0) is 64.8 Å². The lowest BCUT2D eigenvalue weighted by atomic mass is 10.2. The Labute approximate surface area is 148 Å². The van der Waals surface area contributed by atoms with Crippen LogP contribution >= 0.6 is 0 Å². The van der Waals surface area contributed by atoms with Gasteiger partial charge in [-0.2, -0.15) is 0 Å². The van der Waals surface area contributed by atoms with Crippen LogP contribution in [0.3, 0.4) is 0 Å². The van der Waals surface area contributed by atoms with Crippen molar-refractivity contribution in [2.24, 2.45) is 0 Å². The van der Waals surface area contributed by atoms with E-state index < -0.39 is 0 Å². The van der Waals surface area contributed by atoms with E-state index in [4.69, 9.17) is 9.47 Å². The van der Waals surface area contributed by atoms with Crippen molar-refractivity contribution in [3.8, 4) is 0 Å². The minimum Gasteiger partial charge on any atom is -0.359 e. The topological polar surface area (TPSA) is 24.9 Å². The fourth-order valence-electron chi connectivity index (χ4n) is 3.18. The highest BCUT2D eigenvalue weighted by molar-refractivity contribution is 5.57. The molecule has 0 spiro atoms. The Morgan fingerprint density at radius 1 is 0.667 bits per heavy atom. The lowest BCUT2D eigenvalue weighted by Gasteiger charge is -2.34. The number of anilines is 2. The summed E-state index contributed by atoms with van der Waals surface area (Å²) in [5.74, 6) is 0. The van der Waals surface area contributed by atoms with E-state index in [1.165, 1.54) is 11.4 Å². The summed E-state index contributed by atoms with van der Waals surface area (Å²) in [6.45, 7) is 16.2. The molecule has 0 radical (unpaired) electrons. The van der Waals surface area contributed by atoms with E-state index in [1.54, 1.807) is 0 Å². The van der Waals surface area contributed by atoms with E-state index in [2.05, 4.69) is 75.6 Å². The van der Waals surface area contributed by atoms with Gasteiger partial charge in [-0.3, -0.25) is 0 Å². The maximum atomic E-state index is 5.88. The molecule has 0 aliphatic heterocycles. The van der Waals surface area contributed by atoms with Gasteiger partial charge in [0.05, 0.1) is 0 Å². The van der Waals surface area contributed by atoms with E-state index >= 15 is 0 Å². The third-order valence-electron chi connectivity index (χ3n) is 4.31. The maximum Gasteiger partial charge on any atom is 0.129 e. The Hall–Kier alpha value is -1.26. The molecule has 0 bridgehead atoms. The van der Waals surface area contributed by atoms with E-state index in [9.17, 15) is 0 Å². The summed E-state index contributed by atoms with van der Waals surface area (Å²) < 4.78 is 11.8. The Morgan fingerprint density at radius 2 is 1.00 bits per heavy atom. The molecule has 0 saturated heterocycles. The molecule has 0 fully saturated rings. The van der Waals surface area contributed by atoms with Crippen molar-refractivity contribution in [1.82, 2.24) is 0 Å². The summed E-state index contributed by atoms with van der Waals surface area (Å²) in [6.07, 6.45) is 2.24. The quantitative estimate of drug-likeness (QED) is 0.508. The van der Waals surface area contributed by atoms with E-state index in [1.807, 2.05) is 0 Å². The molecule has 0 aliphatic rings. The molecule has 0 saturated carbocycles. The minimum absolute atomic E-state index is 0.139. The molecule has 2 atom stereocenters. The zero-order chi connectivity index (χ0) is 17.9. The summed E-state index contributed by atoms with van der Waals surface area (Å²) in [7, 11) is 0. The molecule has 4 nitrogen and oxygen atoms in total. The molecular formula is C20H36N2O2. The first kappa shape index (κ1) is 20.8. The zero-order valence-corrected chi connectivity index (χ0v) is 16.4. The molecule has 1 aromatic rings. The lowest BCUT2D eigenvalue weighted by molar-refractivity contribution is 0.0576. The monoisotopic (exact) mass is 336 g/mol. The summed E-state index contributed by atoms with van der Waals surface area (Å²) in [6, 6.07) is 8.79. The molecule has 0 N–H and O–H groups in total. The van der Waals surface area contributed by atoms with Crippen LogP contribution in [0.15, 0.2) is 24.3 Å². The molecule has 1 rings (SSSR count). The molecule has 0 aromatic heterocycles. The molecular weight excluding hydrogens is 300 g/mol. The normalized spacial score (nSPS) is 13.6. The number of hydrogen-bond acceptors (Lipinski definition) is 4. The van der Waals surface area contributed by atoms with E-state index in [-0.39, 0.29) is 12.5 Å². The van der Waals surface area contributed by atoms with Gasteiger partial charge < -0.3 is 19.3 Å². The summed E-state index contributed by atoms with van der Waals surface area (Å²) in [5, 5.41) is 0. The van der Waals surface area contributed by atoms with Crippen LogP contribution in [-0.4, -0.2) is 38.8 Å². The van der Waals surface area contributed by atoms with Gasteiger partial charge in [0.15, 0.2) is 0 Å². The minimum atomic E-state index is 0.139. The highest BCUT2D eigenvalue weighted by Crippen LogP contribution is 2.25. The predicted octanol–water partition coefficient (Wildman–Crippen LogP) is 4.88. The second-order valence-electron chi connectivity index (χ2n) is 5.72. The van der Waals surface area contributed by atoms with Crippen molar-refractivity contribution in [3.05, 3.63) is 24.3 Å². The van der Waals surface area contributed by atoms with Crippen molar-refractivity contribution >= 4 is 11.4 Å². The molecule has 2 unspecified atom stereocenters. The smallest absolute Gasteiger partial charge is 0.129 e. The standard InChI is InChI=1S/C20H36N2O2/c1-7-19(23-11-5)21(9-3)17-13-15-18(16-14-17)22(10-4)20(8-2)24-12-6/h13-16,19-20H,7-12H2,1-6H3. The Morgan fingerprint density at radius 3 is 1.21 bits per heavy atom. The highest BCUT2D eigenvalue weighted by atomic mass is 16.5. The largest absolute Gasteiger partial charge is 0.359 e. The third-order valence-corrected chi connectivity index (χ3v) is 4.31. The van der Waals surface area contributed by atoms with Crippen molar-refractivity contribution < 1.29 is 9.47 Å². The van der Waals surface area contributed by atoms with Gasteiger partial charge in [0, 0.05) is 37.7 Å². The maximum absolute atomic E-state index is 5.88. The first-order valence-corrected chi connectivity index (χ1v) is 9.53. The Bertz CT molecular complexity index is 395. The third kappa shape index (κ3) is 5.38.